The number of ether oxygens (including phenoxy) is 1. The molecule has 1 fully saturated rings. The van der Waals surface area contributed by atoms with E-state index in [2.05, 4.69) is 38.8 Å². The van der Waals surface area contributed by atoms with Crippen molar-refractivity contribution in [2.75, 3.05) is 41.2 Å². The smallest absolute Gasteiger partial charge is 0.227 e. The van der Waals surface area contributed by atoms with Gasteiger partial charge in [0.15, 0.2) is 0 Å². The second-order valence-corrected chi connectivity index (χ2v) is 12.3. The van der Waals surface area contributed by atoms with Crippen LogP contribution in [0.1, 0.15) is 30.5 Å². The third-order valence-electron chi connectivity index (χ3n) is 6.83. The molecule has 6 rings (SSSR count). The van der Waals surface area contributed by atoms with Gasteiger partial charge in [0.1, 0.15) is 23.3 Å². The lowest BCUT2D eigenvalue weighted by Gasteiger charge is -2.27. The number of aliphatic imine (C=N–C) groups is 1. The summed E-state index contributed by atoms with van der Waals surface area (Å²) in [5, 5.41) is 3.10. The van der Waals surface area contributed by atoms with E-state index < -0.39 is 11.6 Å². The fourth-order valence-corrected chi connectivity index (χ4v) is 6.62. The molecular weight excluding hydrogens is 591 g/mol. The molecule has 0 spiro atoms. The van der Waals surface area contributed by atoms with Crippen molar-refractivity contribution in [2.24, 2.45) is 10.9 Å². The molecule has 0 bridgehead atoms. The van der Waals surface area contributed by atoms with Gasteiger partial charge in [0.2, 0.25) is 5.95 Å². The summed E-state index contributed by atoms with van der Waals surface area (Å²) in [7, 11) is 0. The average Bonchev–Trinajstić information content (AvgIpc) is 3.48. The molecule has 222 valence electrons. The van der Waals surface area contributed by atoms with Gasteiger partial charge in [-0.15, -0.1) is 11.8 Å². The number of hydrogen-bond acceptors (Lipinski definition) is 11. The summed E-state index contributed by atoms with van der Waals surface area (Å²) in [6, 6.07) is 15.1. The van der Waals surface area contributed by atoms with Crippen molar-refractivity contribution in [3.05, 3.63) is 90.0 Å². The van der Waals surface area contributed by atoms with Gasteiger partial charge in [-0.3, -0.25) is 4.99 Å². The minimum absolute atomic E-state index is 0.0172. The van der Waals surface area contributed by atoms with Crippen molar-refractivity contribution < 1.29 is 13.5 Å². The predicted octanol–water partition coefficient (Wildman–Crippen LogP) is 6.50. The molecule has 1 saturated heterocycles. The number of aromatic nitrogens is 4. The number of morpholine rings is 1. The Bertz CT molecular complexity index is 1580. The first kappa shape index (κ1) is 29.3. The summed E-state index contributed by atoms with van der Waals surface area (Å²) in [5.74, 6) is 0.847. The Morgan fingerprint density at radius 3 is 2.51 bits per heavy atom. The van der Waals surface area contributed by atoms with Crippen LogP contribution in [0.15, 0.2) is 76.9 Å². The standard InChI is InChI=1S/C30H30F2N8OS2/c1-18(2)29-38-26(22-7-4-8-24(36-22)39-43-27-20(31)5-3-6-21(27)32)28(42-29)23-11-12-33-30(37-23)35-19-9-10-25(34-17-19)40-13-15-41-16-14-40/h3-12,17-18,28-29H,13-16H2,1-2H3,(H,36,39)(H,33,35,37). The van der Waals surface area contributed by atoms with Crippen molar-refractivity contribution in [3.63, 3.8) is 0 Å². The van der Waals surface area contributed by atoms with Gasteiger partial charge in [0.25, 0.3) is 0 Å². The summed E-state index contributed by atoms with van der Waals surface area (Å²) in [5.41, 5.74) is 3.03. The minimum Gasteiger partial charge on any atom is -0.378 e. The van der Waals surface area contributed by atoms with E-state index in [1.54, 1.807) is 30.2 Å². The third-order valence-corrected chi connectivity index (χ3v) is 9.40. The highest BCUT2D eigenvalue weighted by Gasteiger charge is 2.34. The first-order valence-corrected chi connectivity index (χ1v) is 15.7. The van der Waals surface area contributed by atoms with Crippen molar-refractivity contribution in [1.82, 2.24) is 19.9 Å². The van der Waals surface area contributed by atoms with Crippen LogP contribution in [0.25, 0.3) is 0 Å². The van der Waals surface area contributed by atoms with E-state index in [9.17, 15) is 8.78 Å². The maximum Gasteiger partial charge on any atom is 0.227 e. The predicted molar refractivity (Wildman–Crippen MR) is 168 cm³/mol. The molecular formula is C30H30F2N8OS2. The Hall–Kier alpha value is -3.81. The molecule has 2 aliphatic rings. The van der Waals surface area contributed by atoms with Crippen molar-refractivity contribution >= 4 is 52.7 Å². The maximum atomic E-state index is 14.1. The zero-order valence-corrected chi connectivity index (χ0v) is 25.2. The van der Waals surface area contributed by atoms with Gasteiger partial charge in [-0.05, 0) is 60.3 Å². The van der Waals surface area contributed by atoms with Crippen LogP contribution in [0.3, 0.4) is 0 Å². The summed E-state index contributed by atoms with van der Waals surface area (Å²) < 4.78 is 36.7. The SMILES string of the molecule is CC(C)C1N=C(c2cccc(NSc3c(F)cccc3F)n2)C(c2ccnc(Nc3ccc(N4CCOCC4)nc3)n2)S1. The van der Waals surface area contributed by atoms with Crippen LogP contribution < -0.4 is 14.9 Å². The van der Waals surface area contributed by atoms with Gasteiger partial charge in [-0.1, -0.05) is 26.0 Å². The summed E-state index contributed by atoms with van der Waals surface area (Å²) in [4.78, 5) is 25.7. The number of benzene rings is 1. The molecule has 43 heavy (non-hydrogen) atoms. The highest BCUT2D eigenvalue weighted by atomic mass is 32.2. The van der Waals surface area contributed by atoms with Gasteiger partial charge < -0.3 is 19.7 Å². The number of nitrogens with one attached hydrogen (secondary N) is 2. The lowest BCUT2D eigenvalue weighted by molar-refractivity contribution is 0.122. The molecule has 0 radical (unpaired) electrons. The van der Waals surface area contributed by atoms with Crippen LogP contribution in [0.2, 0.25) is 0 Å². The number of halogens is 2. The van der Waals surface area contributed by atoms with Crippen molar-refractivity contribution in [1.29, 1.82) is 0 Å². The maximum absolute atomic E-state index is 14.1. The zero-order valence-electron chi connectivity index (χ0n) is 23.6. The Morgan fingerprint density at radius 1 is 0.977 bits per heavy atom. The third kappa shape index (κ3) is 6.89. The fourth-order valence-electron chi connectivity index (χ4n) is 4.62. The fraction of sp³-hybridized carbons (Fsp3) is 0.300. The lowest BCUT2D eigenvalue weighted by atomic mass is 10.1. The molecule has 1 aromatic carbocycles. The highest BCUT2D eigenvalue weighted by molar-refractivity contribution is 8.01. The first-order valence-electron chi connectivity index (χ1n) is 13.9. The number of hydrogen-bond donors (Lipinski definition) is 2. The molecule has 4 aromatic rings. The molecule has 0 amide bonds. The van der Waals surface area contributed by atoms with Crippen LogP contribution in [-0.2, 0) is 4.74 Å². The molecule has 2 unspecified atom stereocenters. The zero-order chi connectivity index (χ0) is 29.8. The number of nitrogens with zero attached hydrogens (tertiary/aromatic N) is 6. The van der Waals surface area contributed by atoms with Gasteiger partial charge in [0.05, 0.1) is 57.7 Å². The number of anilines is 4. The van der Waals surface area contributed by atoms with E-state index in [1.807, 2.05) is 30.3 Å². The van der Waals surface area contributed by atoms with E-state index in [0.29, 0.717) is 36.6 Å². The van der Waals surface area contributed by atoms with E-state index in [4.69, 9.17) is 19.7 Å². The van der Waals surface area contributed by atoms with Gasteiger partial charge >= 0.3 is 0 Å². The lowest BCUT2D eigenvalue weighted by Crippen LogP contribution is -2.36. The number of thioether (sulfide) groups is 1. The van der Waals surface area contributed by atoms with Crippen molar-refractivity contribution in [3.8, 4) is 0 Å². The van der Waals surface area contributed by atoms with Crippen molar-refractivity contribution in [2.45, 2.75) is 29.4 Å². The van der Waals surface area contributed by atoms with Crippen LogP contribution in [0, 0.1) is 17.6 Å². The summed E-state index contributed by atoms with van der Waals surface area (Å²) in [6.07, 6.45) is 3.51. The monoisotopic (exact) mass is 620 g/mol. The molecule has 5 heterocycles. The topological polar surface area (TPSA) is 100 Å². The Labute approximate surface area is 257 Å². The Kier molecular flexibility index (Phi) is 9.00. The second-order valence-electron chi connectivity index (χ2n) is 10.3. The van der Waals surface area contributed by atoms with Gasteiger partial charge in [0, 0.05) is 19.3 Å². The van der Waals surface area contributed by atoms with E-state index >= 15 is 0 Å². The molecule has 0 saturated carbocycles. The first-order chi connectivity index (χ1) is 20.9. The largest absolute Gasteiger partial charge is 0.378 e. The highest BCUT2D eigenvalue weighted by Crippen LogP contribution is 2.44. The number of rotatable bonds is 9. The van der Waals surface area contributed by atoms with E-state index in [1.165, 1.54) is 18.2 Å². The summed E-state index contributed by atoms with van der Waals surface area (Å²) in [6.45, 7) is 7.31. The second kappa shape index (κ2) is 13.2. The van der Waals surface area contributed by atoms with Gasteiger partial charge in [-0.25, -0.2) is 28.7 Å². The Morgan fingerprint density at radius 2 is 1.77 bits per heavy atom. The van der Waals surface area contributed by atoms with Gasteiger partial charge in [-0.2, -0.15) is 0 Å². The van der Waals surface area contributed by atoms with Crippen LogP contribution in [-0.4, -0.2) is 57.3 Å². The molecule has 3 aromatic heterocycles. The number of pyridine rings is 2. The summed E-state index contributed by atoms with van der Waals surface area (Å²) >= 11 is 2.56. The molecule has 0 aliphatic carbocycles. The van der Waals surface area contributed by atoms with Crippen LogP contribution >= 0.6 is 23.7 Å². The van der Waals surface area contributed by atoms with Crippen LogP contribution in [0.5, 0.6) is 0 Å². The normalized spacial score (nSPS) is 18.5. The van der Waals surface area contributed by atoms with E-state index in [-0.39, 0.29) is 15.5 Å². The van der Waals surface area contributed by atoms with E-state index in [0.717, 1.165) is 47.9 Å². The average molecular weight is 621 g/mol. The molecule has 13 heteroatoms. The Balaban J connectivity index is 1.20. The van der Waals surface area contributed by atoms with Crippen LogP contribution in [0.4, 0.5) is 32.1 Å². The molecule has 2 N–H and O–H groups in total. The molecule has 2 aliphatic heterocycles. The molecule has 2 atom stereocenters. The quantitative estimate of drug-likeness (QED) is 0.202. The minimum atomic E-state index is -0.637. The molecule has 9 nitrogen and oxygen atoms in total.